The topological polar surface area (TPSA) is 43.8 Å². The highest BCUT2D eigenvalue weighted by molar-refractivity contribution is 5.40. The molecule has 2 N–H and O–H groups in total. The van der Waals surface area contributed by atoms with Crippen LogP contribution in [0.15, 0.2) is 0 Å². The fraction of sp³-hybridized carbons (Fsp3) is 0.727. The zero-order valence-corrected chi connectivity index (χ0v) is 9.67. The van der Waals surface area contributed by atoms with Gasteiger partial charge in [-0.1, -0.05) is 20.3 Å². The van der Waals surface area contributed by atoms with Crippen molar-refractivity contribution in [3.63, 3.8) is 0 Å². The predicted molar refractivity (Wildman–Crippen MR) is 60.4 cm³/mol. The van der Waals surface area contributed by atoms with Gasteiger partial charge in [-0.25, -0.2) is 4.98 Å². The van der Waals surface area contributed by atoms with Gasteiger partial charge < -0.3 is 10.3 Å². The van der Waals surface area contributed by atoms with E-state index in [0.29, 0.717) is 5.92 Å². The van der Waals surface area contributed by atoms with Crippen LogP contribution in [0.2, 0.25) is 0 Å². The van der Waals surface area contributed by atoms with E-state index >= 15 is 0 Å². The lowest BCUT2D eigenvalue weighted by molar-refractivity contribution is 0.651. The molecule has 3 heteroatoms. The lowest BCUT2D eigenvalue weighted by atomic mass is 10.0. The molecular weight excluding hydrogens is 174 g/mol. The maximum Gasteiger partial charge on any atom is 0.127 e. The fourth-order valence-corrected chi connectivity index (χ4v) is 1.94. The maximum absolute atomic E-state index is 6.05. The summed E-state index contributed by atoms with van der Waals surface area (Å²) < 4.78 is 2.07. The van der Waals surface area contributed by atoms with E-state index in [0.717, 1.165) is 30.3 Å². The third-order valence-electron chi connectivity index (χ3n) is 2.73. The number of aryl methyl sites for hydroxylation is 1. The van der Waals surface area contributed by atoms with Gasteiger partial charge in [0.25, 0.3) is 0 Å². The molecule has 1 aromatic heterocycles. The van der Waals surface area contributed by atoms with Crippen LogP contribution in [0, 0.1) is 6.92 Å². The Balaban J connectivity index is 2.98. The van der Waals surface area contributed by atoms with Crippen LogP contribution >= 0.6 is 0 Å². The number of aromatic nitrogens is 2. The molecule has 1 heterocycles. The summed E-state index contributed by atoms with van der Waals surface area (Å²) in [5.74, 6) is 2.36. The Hall–Kier alpha value is -0.990. The molecule has 0 radical (unpaired) electrons. The molecule has 0 saturated heterocycles. The monoisotopic (exact) mass is 195 g/mol. The summed E-state index contributed by atoms with van der Waals surface area (Å²) in [6, 6.07) is 0. The first-order chi connectivity index (χ1) is 6.61. The number of rotatable bonds is 4. The quantitative estimate of drug-likeness (QED) is 0.802. The van der Waals surface area contributed by atoms with E-state index in [-0.39, 0.29) is 0 Å². The van der Waals surface area contributed by atoms with Crippen LogP contribution in [0.25, 0.3) is 0 Å². The second-order valence-corrected chi connectivity index (χ2v) is 3.86. The second kappa shape index (κ2) is 4.49. The van der Waals surface area contributed by atoms with Crippen LogP contribution in [0.4, 0.5) is 5.82 Å². The molecule has 0 aliphatic heterocycles. The van der Waals surface area contributed by atoms with Crippen LogP contribution < -0.4 is 5.73 Å². The van der Waals surface area contributed by atoms with Gasteiger partial charge in [-0.05, 0) is 20.3 Å². The molecular formula is C11H21N3. The molecule has 0 aliphatic carbocycles. The van der Waals surface area contributed by atoms with Gasteiger partial charge in [0.1, 0.15) is 11.6 Å². The van der Waals surface area contributed by atoms with E-state index in [4.69, 9.17) is 5.73 Å². The largest absolute Gasteiger partial charge is 0.384 e. The Labute approximate surface area is 86.3 Å². The highest BCUT2D eigenvalue weighted by Crippen LogP contribution is 2.25. The minimum absolute atomic E-state index is 0.478. The van der Waals surface area contributed by atoms with E-state index in [1.54, 1.807) is 0 Å². The van der Waals surface area contributed by atoms with Gasteiger partial charge in [0, 0.05) is 12.5 Å². The standard InChI is InChI=1S/C11H21N3/c1-5-7-8(3)10-11(12)14(6-2)9(4)13-10/h8H,5-7,12H2,1-4H3. The summed E-state index contributed by atoms with van der Waals surface area (Å²) in [5.41, 5.74) is 7.12. The molecule has 1 aromatic rings. The Bertz CT molecular complexity index is 302. The normalized spacial score (nSPS) is 13.1. The van der Waals surface area contributed by atoms with Gasteiger partial charge in [-0.3, -0.25) is 0 Å². The van der Waals surface area contributed by atoms with Gasteiger partial charge in [-0.2, -0.15) is 0 Å². The van der Waals surface area contributed by atoms with Crippen LogP contribution in [-0.2, 0) is 6.54 Å². The smallest absolute Gasteiger partial charge is 0.127 e. The number of nitrogen functional groups attached to an aromatic ring is 1. The number of hydrogen-bond donors (Lipinski definition) is 1. The van der Waals surface area contributed by atoms with Crippen molar-refractivity contribution in [2.24, 2.45) is 0 Å². The molecule has 0 amide bonds. The van der Waals surface area contributed by atoms with Crippen molar-refractivity contribution in [1.82, 2.24) is 9.55 Å². The first-order valence-electron chi connectivity index (χ1n) is 5.44. The highest BCUT2D eigenvalue weighted by atomic mass is 15.1. The second-order valence-electron chi connectivity index (χ2n) is 3.86. The first-order valence-corrected chi connectivity index (χ1v) is 5.44. The van der Waals surface area contributed by atoms with Gasteiger partial charge in [0.15, 0.2) is 0 Å². The maximum atomic E-state index is 6.05. The summed E-state index contributed by atoms with van der Waals surface area (Å²) in [6.45, 7) is 9.41. The summed E-state index contributed by atoms with van der Waals surface area (Å²) in [5, 5.41) is 0. The summed E-state index contributed by atoms with van der Waals surface area (Å²) in [7, 11) is 0. The predicted octanol–water partition coefficient (Wildman–Crippen LogP) is 2.70. The Morgan fingerprint density at radius 1 is 1.43 bits per heavy atom. The van der Waals surface area contributed by atoms with E-state index in [1.165, 1.54) is 6.42 Å². The number of anilines is 1. The molecule has 0 saturated carbocycles. The molecule has 0 fully saturated rings. The van der Waals surface area contributed by atoms with Crippen molar-refractivity contribution >= 4 is 5.82 Å². The fourth-order valence-electron chi connectivity index (χ4n) is 1.94. The van der Waals surface area contributed by atoms with Gasteiger partial charge in [-0.15, -0.1) is 0 Å². The molecule has 1 atom stereocenters. The first kappa shape index (κ1) is 11.1. The third kappa shape index (κ3) is 1.91. The number of nitrogens with two attached hydrogens (primary N) is 1. The summed E-state index contributed by atoms with van der Waals surface area (Å²) in [4.78, 5) is 4.54. The van der Waals surface area contributed by atoms with Gasteiger partial charge >= 0.3 is 0 Å². The number of imidazole rings is 1. The van der Waals surface area contributed by atoms with Crippen molar-refractivity contribution in [2.45, 2.75) is 53.0 Å². The highest BCUT2D eigenvalue weighted by Gasteiger charge is 2.15. The summed E-state index contributed by atoms with van der Waals surface area (Å²) in [6.07, 6.45) is 2.34. The molecule has 1 unspecified atom stereocenters. The third-order valence-corrected chi connectivity index (χ3v) is 2.73. The minimum atomic E-state index is 0.478. The van der Waals surface area contributed by atoms with Gasteiger partial charge in [0.05, 0.1) is 5.69 Å². The van der Waals surface area contributed by atoms with E-state index < -0.39 is 0 Å². The van der Waals surface area contributed by atoms with Gasteiger partial charge in [0.2, 0.25) is 0 Å². The van der Waals surface area contributed by atoms with Crippen molar-refractivity contribution < 1.29 is 0 Å². The molecule has 0 bridgehead atoms. The molecule has 0 spiro atoms. The number of nitrogens with zero attached hydrogens (tertiary/aromatic N) is 2. The van der Waals surface area contributed by atoms with Crippen LogP contribution in [0.3, 0.4) is 0 Å². The van der Waals surface area contributed by atoms with Crippen LogP contribution in [-0.4, -0.2) is 9.55 Å². The molecule has 80 valence electrons. The Morgan fingerprint density at radius 3 is 2.50 bits per heavy atom. The van der Waals surface area contributed by atoms with Crippen LogP contribution in [0.1, 0.15) is 51.0 Å². The minimum Gasteiger partial charge on any atom is -0.384 e. The molecule has 3 nitrogen and oxygen atoms in total. The van der Waals surface area contributed by atoms with Crippen molar-refractivity contribution in [2.75, 3.05) is 5.73 Å². The number of hydrogen-bond acceptors (Lipinski definition) is 2. The molecule has 0 aromatic carbocycles. The van der Waals surface area contributed by atoms with Crippen molar-refractivity contribution in [3.8, 4) is 0 Å². The van der Waals surface area contributed by atoms with E-state index in [1.807, 2.05) is 6.92 Å². The lowest BCUT2D eigenvalue weighted by Crippen LogP contribution is -2.04. The lowest BCUT2D eigenvalue weighted by Gasteiger charge is -2.08. The van der Waals surface area contributed by atoms with E-state index in [2.05, 4.69) is 30.3 Å². The zero-order valence-electron chi connectivity index (χ0n) is 9.67. The average Bonchev–Trinajstić information content (AvgIpc) is 2.42. The Morgan fingerprint density at radius 2 is 2.07 bits per heavy atom. The van der Waals surface area contributed by atoms with E-state index in [9.17, 15) is 0 Å². The Kier molecular flexibility index (Phi) is 3.55. The van der Waals surface area contributed by atoms with Crippen molar-refractivity contribution in [3.05, 3.63) is 11.5 Å². The zero-order chi connectivity index (χ0) is 10.7. The average molecular weight is 195 g/mol. The SMILES string of the molecule is CCCC(C)c1nc(C)n(CC)c1N. The van der Waals surface area contributed by atoms with Crippen LogP contribution in [0.5, 0.6) is 0 Å². The van der Waals surface area contributed by atoms with Crippen molar-refractivity contribution in [1.29, 1.82) is 0 Å². The summed E-state index contributed by atoms with van der Waals surface area (Å²) >= 11 is 0. The molecule has 1 rings (SSSR count). The molecule has 0 aliphatic rings. The molecule has 14 heavy (non-hydrogen) atoms.